The molecule has 1 rings (SSSR count). The first-order chi connectivity index (χ1) is 10.2. The number of likely N-dealkylation sites (N-methyl/N-ethyl adjacent to an activating group) is 1. The summed E-state index contributed by atoms with van der Waals surface area (Å²) in [7, 11) is 3.85. The topological polar surface area (TPSA) is 33.7 Å². The van der Waals surface area contributed by atoms with E-state index in [4.69, 9.17) is 9.47 Å². The summed E-state index contributed by atoms with van der Waals surface area (Å²) in [6, 6.07) is 8.72. The zero-order valence-electron chi connectivity index (χ0n) is 13.9. The van der Waals surface area contributed by atoms with Crippen molar-refractivity contribution in [2.24, 2.45) is 0 Å². The molecule has 0 aromatic heterocycles. The van der Waals surface area contributed by atoms with Crippen LogP contribution in [0.25, 0.3) is 0 Å². The fraction of sp³-hybridized carbons (Fsp3) is 0.647. The predicted octanol–water partition coefficient (Wildman–Crippen LogP) is 2.70. The second kappa shape index (κ2) is 10.6. The van der Waals surface area contributed by atoms with Crippen LogP contribution in [0.15, 0.2) is 24.3 Å². The number of benzene rings is 1. The number of rotatable bonds is 11. The van der Waals surface area contributed by atoms with Gasteiger partial charge in [0.05, 0.1) is 13.2 Å². The van der Waals surface area contributed by atoms with Gasteiger partial charge in [0.25, 0.3) is 0 Å². The average Bonchev–Trinajstić information content (AvgIpc) is 2.51. The summed E-state index contributed by atoms with van der Waals surface area (Å²) in [5.74, 6) is 0.951. The summed E-state index contributed by atoms with van der Waals surface area (Å²) in [6.07, 6.45) is 1.04. The molecular weight excluding hydrogens is 264 g/mol. The molecule has 0 radical (unpaired) electrons. The lowest BCUT2D eigenvalue weighted by atomic mass is 10.1. The smallest absolute Gasteiger partial charge is 0.119 e. The van der Waals surface area contributed by atoms with Gasteiger partial charge in [-0.1, -0.05) is 19.1 Å². The van der Waals surface area contributed by atoms with Crippen molar-refractivity contribution in [1.29, 1.82) is 0 Å². The maximum Gasteiger partial charge on any atom is 0.119 e. The summed E-state index contributed by atoms with van der Waals surface area (Å²) in [4.78, 5) is 2.27. The van der Waals surface area contributed by atoms with Crippen molar-refractivity contribution in [2.45, 2.75) is 26.3 Å². The first kappa shape index (κ1) is 18.0. The molecule has 0 aliphatic carbocycles. The Hall–Kier alpha value is -1.10. The molecule has 0 saturated heterocycles. The molecule has 0 amide bonds. The van der Waals surface area contributed by atoms with Crippen LogP contribution >= 0.6 is 0 Å². The molecule has 1 unspecified atom stereocenters. The SMILES string of the molecule is CCCOc1ccc(C(C)NCCN(C)CCOC)cc1. The van der Waals surface area contributed by atoms with Gasteiger partial charge < -0.3 is 19.7 Å². The first-order valence-electron chi connectivity index (χ1n) is 7.81. The number of hydrogen-bond donors (Lipinski definition) is 1. The van der Waals surface area contributed by atoms with Crippen LogP contribution in [0.3, 0.4) is 0 Å². The molecule has 0 heterocycles. The van der Waals surface area contributed by atoms with Crippen molar-refractivity contribution in [1.82, 2.24) is 10.2 Å². The standard InChI is InChI=1S/C17H30N2O2/c1-5-13-21-17-8-6-16(7-9-17)15(2)18-10-11-19(3)12-14-20-4/h6-9,15,18H,5,10-14H2,1-4H3. The van der Waals surface area contributed by atoms with E-state index < -0.39 is 0 Å². The largest absolute Gasteiger partial charge is 0.494 e. The average molecular weight is 294 g/mol. The van der Waals surface area contributed by atoms with Crippen molar-refractivity contribution in [3.63, 3.8) is 0 Å². The minimum absolute atomic E-state index is 0.348. The third-order valence-electron chi connectivity index (χ3n) is 3.47. The lowest BCUT2D eigenvalue weighted by molar-refractivity contribution is 0.161. The van der Waals surface area contributed by atoms with Gasteiger partial charge in [-0.3, -0.25) is 0 Å². The lowest BCUT2D eigenvalue weighted by Crippen LogP contribution is -2.32. The Morgan fingerprint density at radius 2 is 1.86 bits per heavy atom. The number of ether oxygens (including phenoxy) is 2. The molecule has 0 spiro atoms. The van der Waals surface area contributed by atoms with Crippen molar-refractivity contribution in [3.8, 4) is 5.75 Å². The number of nitrogens with zero attached hydrogens (tertiary/aromatic N) is 1. The summed E-state index contributed by atoms with van der Waals surface area (Å²) < 4.78 is 10.7. The highest BCUT2D eigenvalue weighted by atomic mass is 16.5. The first-order valence-corrected chi connectivity index (χ1v) is 7.81. The van der Waals surface area contributed by atoms with Crippen LogP contribution in [-0.2, 0) is 4.74 Å². The molecule has 1 aromatic carbocycles. The summed E-state index contributed by atoms with van der Waals surface area (Å²) >= 11 is 0. The van der Waals surface area contributed by atoms with Gasteiger partial charge in [0, 0.05) is 32.8 Å². The van der Waals surface area contributed by atoms with Crippen LogP contribution in [0.5, 0.6) is 5.75 Å². The van der Waals surface area contributed by atoms with E-state index in [2.05, 4.69) is 43.2 Å². The normalized spacial score (nSPS) is 12.6. The molecule has 1 N–H and O–H groups in total. The Balaban J connectivity index is 2.29. The highest BCUT2D eigenvalue weighted by Gasteiger charge is 2.05. The van der Waals surface area contributed by atoms with Gasteiger partial charge in [-0.05, 0) is 38.1 Å². The highest BCUT2D eigenvalue weighted by Crippen LogP contribution is 2.17. The minimum Gasteiger partial charge on any atom is -0.494 e. The van der Waals surface area contributed by atoms with Crippen molar-refractivity contribution in [3.05, 3.63) is 29.8 Å². The van der Waals surface area contributed by atoms with E-state index in [1.165, 1.54) is 5.56 Å². The van der Waals surface area contributed by atoms with Crippen molar-refractivity contribution >= 4 is 0 Å². The Bertz CT molecular complexity index is 368. The van der Waals surface area contributed by atoms with Gasteiger partial charge >= 0.3 is 0 Å². The molecule has 0 aliphatic heterocycles. The van der Waals surface area contributed by atoms with Crippen LogP contribution in [0.4, 0.5) is 0 Å². The molecule has 1 atom stereocenters. The summed E-state index contributed by atoms with van der Waals surface area (Å²) in [5.41, 5.74) is 1.29. The van der Waals surface area contributed by atoms with E-state index in [0.29, 0.717) is 6.04 Å². The molecule has 0 aliphatic rings. The molecule has 0 saturated carbocycles. The highest BCUT2D eigenvalue weighted by molar-refractivity contribution is 5.28. The van der Waals surface area contributed by atoms with Gasteiger partial charge in [-0.2, -0.15) is 0 Å². The van der Waals surface area contributed by atoms with Gasteiger partial charge in [-0.15, -0.1) is 0 Å². The Kier molecular flexibility index (Phi) is 9.06. The Morgan fingerprint density at radius 3 is 2.48 bits per heavy atom. The van der Waals surface area contributed by atoms with Crippen molar-refractivity contribution in [2.75, 3.05) is 47.0 Å². The van der Waals surface area contributed by atoms with E-state index in [-0.39, 0.29) is 0 Å². The van der Waals surface area contributed by atoms with Crippen LogP contribution in [-0.4, -0.2) is 51.9 Å². The molecule has 1 aromatic rings. The number of nitrogens with one attached hydrogen (secondary N) is 1. The quantitative estimate of drug-likeness (QED) is 0.680. The van der Waals surface area contributed by atoms with Gasteiger partial charge in [0.2, 0.25) is 0 Å². The Morgan fingerprint density at radius 1 is 1.14 bits per heavy atom. The maximum absolute atomic E-state index is 5.60. The second-order valence-electron chi connectivity index (χ2n) is 5.39. The fourth-order valence-electron chi connectivity index (χ4n) is 2.02. The number of hydrogen-bond acceptors (Lipinski definition) is 4. The van der Waals surface area contributed by atoms with E-state index in [9.17, 15) is 0 Å². The van der Waals surface area contributed by atoms with Crippen LogP contribution in [0.2, 0.25) is 0 Å². The number of methoxy groups -OCH3 is 1. The van der Waals surface area contributed by atoms with E-state index >= 15 is 0 Å². The Labute approximate surface area is 129 Å². The fourth-order valence-corrected chi connectivity index (χ4v) is 2.02. The molecule has 0 fully saturated rings. The molecule has 4 nitrogen and oxygen atoms in total. The molecule has 21 heavy (non-hydrogen) atoms. The van der Waals surface area contributed by atoms with E-state index in [1.54, 1.807) is 7.11 Å². The zero-order valence-corrected chi connectivity index (χ0v) is 13.9. The second-order valence-corrected chi connectivity index (χ2v) is 5.39. The molecular formula is C17H30N2O2. The maximum atomic E-state index is 5.60. The summed E-state index contributed by atoms with van der Waals surface area (Å²) in [5, 5.41) is 3.55. The molecule has 4 heteroatoms. The predicted molar refractivity (Wildman–Crippen MR) is 88.0 cm³/mol. The monoisotopic (exact) mass is 294 g/mol. The van der Waals surface area contributed by atoms with Gasteiger partial charge in [-0.25, -0.2) is 0 Å². The van der Waals surface area contributed by atoms with E-state index in [0.717, 1.165) is 45.0 Å². The minimum atomic E-state index is 0.348. The van der Waals surface area contributed by atoms with Gasteiger partial charge in [0.15, 0.2) is 0 Å². The van der Waals surface area contributed by atoms with Crippen molar-refractivity contribution < 1.29 is 9.47 Å². The summed E-state index contributed by atoms with van der Waals surface area (Å²) in [6.45, 7) is 8.82. The van der Waals surface area contributed by atoms with E-state index in [1.807, 2.05) is 12.1 Å². The van der Waals surface area contributed by atoms with Gasteiger partial charge in [0.1, 0.15) is 5.75 Å². The lowest BCUT2D eigenvalue weighted by Gasteiger charge is -2.19. The van der Waals surface area contributed by atoms with Crippen LogP contribution in [0.1, 0.15) is 31.9 Å². The van der Waals surface area contributed by atoms with Crippen LogP contribution in [0, 0.1) is 0 Å². The third kappa shape index (κ3) is 7.46. The zero-order chi connectivity index (χ0) is 15.5. The third-order valence-corrected chi connectivity index (χ3v) is 3.47. The molecule has 0 bridgehead atoms. The molecule has 120 valence electrons. The van der Waals surface area contributed by atoms with Crippen LogP contribution < -0.4 is 10.1 Å².